The average Bonchev–Trinajstić information content (AvgIpc) is 3.23. The molecule has 1 heterocycles. The highest BCUT2D eigenvalue weighted by Crippen LogP contribution is 2.44. The van der Waals surface area contributed by atoms with Gasteiger partial charge in [-0.25, -0.2) is 9.67 Å². The van der Waals surface area contributed by atoms with Crippen molar-refractivity contribution in [3.05, 3.63) is 41.5 Å². The molecule has 0 aliphatic heterocycles. The van der Waals surface area contributed by atoms with Crippen LogP contribution in [0.2, 0.25) is 0 Å². The molecule has 1 aromatic heterocycles. The molecule has 120 valence electrons. The van der Waals surface area contributed by atoms with Crippen molar-refractivity contribution in [2.75, 3.05) is 0 Å². The third kappa shape index (κ3) is 2.54. The molecule has 5 heteroatoms. The van der Waals surface area contributed by atoms with Crippen molar-refractivity contribution >= 4 is 5.91 Å². The molecule has 5 nitrogen and oxygen atoms in total. The van der Waals surface area contributed by atoms with E-state index in [2.05, 4.69) is 15.4 Å². The number of amides is 1. The summed E-state index contributed by atoms with van der Waals surface area (Å²) in [6.07, 6.45) is 4.97. The minimum absolute atomic E-state index is 0.141. The van der Waals surface area contributed by atoms with Gasteiger partial charge in [0.2, 0.25) is 5.82 Å². The Kier molecular flexibility index (Phi) is 3.43. The number of carbonyl (C=O) groups is 1. The quantitative estimate of drug-likeness (QED) is 0.948. The maximum Gasteiger partial charge on any atom is 0.291 e. The van der Waals surface area contributed by atoms with E-state index in [0.717, 1.165) is 29.4 Å². The van der Waals surface area contributed by atoms with E-state index in [9.17, 15) is 4.79 Å². The minimum atomic E-state index is -0.141. The van der Waals surface area contributed by atoms with Crippen LogP contribution in [0.15, 0.2) is 24.3 Å². The second-order valence-electron chi connectivity index (χ2n) is 6.94. The number of rotatable bonds is 3. The van der Waals surface area contributed by atoms with Crippen LogP contribution < -0.4 is 5.32 Å². The Morgan fingerprint density at radius 3 is 2.74 bits per heavy atom. The van der Waals surface area contributed by atoms with Crippen LogP contribution in [0, 0.1) is 25.7 Å². The standard InChI is InChI=1S/C18H22N4O/c1-11-5-3-4-6-16(11)22-12(2)19-17(21-22)18(23)20-15-10-13-7-8-14(15)9-13/h3-6,13-15H,7-10H2,1-2H3,(H,20,23)/t13-,14-,15-/m0/s1. The van der Waals surface area contributed by atoms with Gasteiger partial charge in [0, 0.05) is 6.04 Å². The fourth-order valence-corrected chi connectivity index (χ4v) is 4.17. The minimum Gasteiger partial charge on any atom is -0.346 e. The van der Waals surface area contributed by atoms with Crippen LogP contribution in [0.25, 0.3) is 5.69 Å². The molecule has 0 saturated heterocycles. The Balaban J connectivity index is 1.55. The first kappa shape index (κ1) is 14.4. The van der Waals surface area contributed by atoms with Gasteiger partial charge in [-0.3, -0.25) is 4.79 Å². The summed E-state index contributed by atoms with van der Waals surface area (Å²) in [4.78, 5) is 16.9. The lowest BCUT2D eigenvalue weighted by Crippen LogP contribution is -2.39. The SMILES string of the molecule is Cc1ccccc1-n1nc(C(=O)N[C@H]2C[C@H]3CC[C@H]2C3)nc1C. The number of aryl methyl sites for hydroxylation is 2. The van der Waals surface area contributed by atoms with E-state index in [1.165, 1.54) is 19.3 Å². The van der Waals surface area contributed by atoms with Crippen molar-refractivity contribution in [1.82, 2.24) is 20.1 Å². The maximum absolute atomic E-state index is 12.5. The Hall–Kier alpha value is -2.17. The van der Waals surface area contributed by atoms with Crippen LogP contribution >= 0.6 is 0 Å². The fraction of sp³-hybridized carbons (Fsp3) is 0.500. The molecule has 1 amide bonds. The highest BCUT2D eigenvalue weighted by molar-refractivity contribution is 5.90. The summed E-state index contributed by atoms with van der Waals surface area (Å²) in [7, 11) is 0. The topological polar surface area (TPSA) is 59.8 Å². The molecule has 2 bridgehead atoms. The number of aromatic nitrogens is 3. The Morgan fingerprint density at radius 1 is 1.22 bits per heavy atom. The molecule has 1 aromatic carbocycles. The molecule has 2 saturated carbocycles. The second-order valence-corrected chi connectivity index (χ2v) is 6.94. The average molecular weight is 310 g/mol. The number of nitrogens with one attached hydrogen (secondary N) is 1. The third-order valence-corrected chi connectivity index (χ3v) is 5.37. The first-order valence-electron chi connectivity index (χ1n) is 8.42. The Morgan fingerprint density at radius 2 is 2.04 bits per heavy atom. The summed E-state index contributed by atoms with van der Waals surface area (Å²) in [5, 5.41) is 7.59. The number of hydrogen-bond acceptors (Lipinski definition) is 3. The van der Waals surface area contributed by atoms with E-state index in [0.29, 0.717) is 12.0 Å². The third-order valence-electron chi connectivity index (χ3n) is 5.37. The van der Waals surface area contributed by atoms with Gasteiger partial charge in [0.05, 0.1) is 5.69 Å². The molecule has 0 radical (unpaired) electrons. The van der Waals surface area contributed by atoms with Gasteiger partial charge in [0.15, 0.2) is 0 Å². The van der Waals surface area contributed by atoms with Crippen LogP contribution in [0.5, 0.6) is 0 Å². The zero-order chi connectivity index (χ0) is 16.0. The fourth-order valence-electron chi connectivity index (χ4n) is 4.17. The number of fused-ring (bicyclic) bond motifs is 2. The lowest BCUT2D eigenvalue weighted by molar-refractivity contribution is 0.0912. The second kappa shape index (κ2) is 5.48. The summed E-state index contributed by atoms with van der Waals surface area (Å²) >= 11 is 0. The van der Waals surface area contributed by atoms with Gasteiger partial charge in [-0.15, -0.1) is 5.10 Å². The van der Waals surface area contributed by atoms with E-state index in [1.807, 2.05) is 38.1 Å². The number of carbonyl (C=O) groups excluding carboxylic acids is 1. The molecule has 1 N–H and O–H groups in total. The summed E-state index contributed by atoms with van der Waals surface area (Å²) < 4.78 is 1.76. The molecule has 0 unspecified atom stereocenters. The van der Waals surface area contributed by atoms with Crippen LogP contribution in [0.3, 0.4) is 0 Å². The summed E-state index contributed by atoms with van der Waals surface area (Å²) in [5.41, 5.74) is 2.08. The molecule has 3 atom stereocenters. The molecule has 2 aliphatic carbocycles. The molecule has 2 aliphatic rings. The molecular weight excluding hydrogens is 288 g/mol. The van der Waals surface area contributed by atoms with Crippen LogP contribution in [-0.2, 0) is 0 Å². The molecule has 4 rings (SSSR count). The van der Waals surface area contributed by atoms with E-state index >= 15 is 0 Å². The number of para-hydroxylation sites is 1. The summed E-state index contributed by atoms with van der Waals surface area (Å²) in [6.45, 7) is 3.92. The van der Waals surface area contributed by atoms with Gasteiger partial charge in [-0.05, 0) is 56.6 Å². The van der Waals surface area contributed by atoms with Crippen molar-refractivity contribution in [2.45, 2.75) is 45.6 Å². The maximum atomic E-state index is 12.5. The van der Waals surface area contributed by atoms with Crippen molar-refractivity contribution in [2.24, 2.45) is 11.8 Å². The molecule has 2 aromatic rings. The van der Waals surface area contributed by atoms with Gasteiger partial charge in [-0.2, -0.15) is 0 Å². The first-order chi connectivity index (χ1) is 11.1. The Labute approximate surface area is 136 Å². The van der Waals surface area contributed by atoms with E-state index in [4.69, 9.17) is 0 Å². The predicted molar refractivity (Wildman–Crippen MR) is 87.5 cm³/mol. The molecular formula is C18H22N4O. The largest absolute Gasteiger partial charge is 0.346 e. The highest BCUT2D eigenvalue weighted by atomic mass is 16.2. The van der Waals surface area contributed by atoms with Gasteiger partial charge in [-0.1, -0.05) is 24.6 Å². The van der Waals surface area contributed by atoms with Gasteiger partial charge in [0.1, 0.15) is 5.82 Å². The van der Waals surface area contributed by atoms with E-state index in [-0.39, 0.29) is 11.7 Å². The van der Waals surface area contributed by atoms with Crippen LogP contribution in [-0.4, -0.2) is 26.7 Å². The normalized spacial score (nSPS) is 25.7. The van der Waals surface area contributed by atoms with Crippen LogP contribution in [0.1, 0.15) is 47.7 Å². The van der Waals surface area contributed by atoms with Gasteiger partial charge < -0.3 is 5.32 Å². The number of nitrogens with zero attached hydrogens (tertiary/aromatic N) is 3. The zero-order valence-corrected chi connectivity index (χ0v) is 13.6. The zero-order valence-electron chi connectivity index (χ0n) is 13.6. The lowest BCUT2D eigenvalue weighted by Gasteiger charge is -2.22. The summed E-state index contributed by atoms with van der Waals surface area (Å²) in [6, 6.07) is 8.30. The van der Waals surface area contributed by atoms with E-state index in [1.54, 1.807) is 4.68 Å². The predicted octanol–water partition coefficient (Wildman–Crippen LogP) is 2.80. The summed E-state index contributed by atoms with van der Waals surface area (Å²) in [5.74, 6) is 2.33. The van der Waals surface area contributed by atoms with Crippen molar-refractivity contribution in [3.8, 4) is 5.69 Å². The molecule has 0 spiro atoms. The molecule has 23 heavy (non-hydrogen) atoms. The van der Waals surface area contributed by atoms with E-state index < -0.39 is 0 Å². The van der Waals surface area contributed by atoms with Crippen molar-refractivity contribution in [1.29, 1.82) is 0 Å². The number of benzene rings is 1. The smallest absolute Gasteiger partial charge is 0.291 e. The monoisotopic (exact) mass is 310 g/mol. The van der Waals surface area contributed by atoms with Crippen molar-refractivity contribution < 1.29 is 4.79 Å². The van der Waals surface area contributed by atoms with Gasteiger partial charge in [0.25, 0.3) is 5.91 Å². The van der Waals surface area contributed by atoms with Crippen LogP contribution in [0.4, 0.5) is 0 Å². The molecule has 2 fully saturated rings. The van der Waals surface area contributed by atoms with Crippen molar-refractivity contribution in [3.63, 3.8) is 0 Å². The Bertz CT molecular complexity index is 751. The number of hydrogen-bond donors (Lipinski definition) is 1. The lowest BCUT2D eigenvalue weighted by atomic mass is 9.95. The highest BCUT2D eigenvalue weighted by Gasteiger charge is 2.40. The first-order valence-corrected chi connectivity index (χ1v) is 8.42. The van der Waals surface area contributed by atoms with Gasteiger partial charge >= 0.3 is 0 Å².